The second-order valence-corrected chi connectivity index (χ2v) is 8.53. The molecule has 0 saturated carbocycles. The van der Waals surface area contributed by atoms with E-state index in [9.17, 15) is 22.0 Å². The maximum absolute atomic E-state index is 13.2. The van der Waals surface area contributed by atoms with E-state index < -0.39 is 21.5 Å². The van der Waals surface area contributed by atoms with Crippen LogP contribution < -0.4 is 0 Å². The third kappa shape index (κ3) is 4.20. The van der Waals surface area contributed by atoms with Crippen LogP contribution in [0.5, 0.6) is 0 Å². The quantitative estimate of drug-likeness (QED) is 0.597. The molecule has 0 spiro atoms. The molecule has 0 amide bonds. The normalized spacial score (nSPS) is 11.5. The molecule has 0 bridgehead atoms. The van der Waals surface area contributed by atoms with Gasteiger partial charge in [-0.05, 0) is 35.9 Å². The summed E-state index contributed by atoms with van der Waals surface area (Å²) in [6.45, 7) is 0. The first kappa shape index (κ1) is 18.3. The van der Waals surface area contributed by atoms with Crippen molar-refractivity contribution in [1.82, 2.24) is 4.98 Å². The summed E-state index contributed by atoms with van der Waals surface area (Å²) in [5.74, 6) is -2.67. The van der Waals surface area contributed by atoms with Crippen LogP contribution in [0.1, 0.15) is 20.9 Å². The monoisotopic (exact) mass is 393 g/mol. The smallest absolute Gasteiger partial charge is 0.184 e. The van der Waals surface area contributed by atoms with Crippen LogP contribution in [0, 0.1) is 11.6 Å². The van der Waals surface area contributed by atoms with Crippen molar-refractivity contribution in [1.29, 1.82) is 0 Å². The average molecular weight is 393 g/mol. The zero-order valence-corrected chi connectivity index (χ0v) is 15.0. The number of rotatable bonds is 6. The zero-order valence-electron chi connectivity index (χ0n) is 13.4. The Morgan fingerprint density at radius 3 is 2.38 bits per heavy atom. The van der Waals surface area contributed by atoms with Gasteiger partial charge in [0.2, 0.25) is 0 Å². The highest BCUT2D eigenvalue weighted by atomic mass is 32.2. The van der Waals surface area contributed by atoms with Gasteiger partial charge in [0.05, 0.1) is 4.90 Å². The molecule has 1 aromatic heterocycles. The number of sulfone groups is 1. The molecule has 2 aromatic carbocycles. The first-order valence-electron chi connectivity index (χ1n) is 7.53. The fourth-order valence-corrected chi connectivity index (χ4v) is 4.60. The molecule has 0 saturated heterocycles. The average Bonchev–Trinajstić information content (AvgIpc) is 3.10. The molecular formula is C18H13F2NO3S2. The van der Waals surface area contributed by atoms with E-state index in [2.05, 4.69) is 4.98 Å². The number of benzene rings is 2. The molecular weight excluding hydrogens is 380 g/mol. The van der Waals surface area contributed by atoms with Crippen LogP contribution in [0.4, 0.5) is 8.78 Å². The Bertz CT molecular complexity index is 1030. The van der Waals surface area contributed by atoms with Crippen LogP contribution in [-0.4, -0.2) is 19.2 Å². The van der Waals surface area contributed by atoms with Gasteiger partial charge in [0, 0.05) is 23.6 Å². The van der Waals surface area contributed by atoms with E-state index in [-0.39, 0.29) is 28.4 Å². The maximum atomic E-state index is 13.2. The largest absolute Gasteiger partial charge is 0.294 e. The molecule has 0 aliphatic carbocycles. The summed E-state index contributed by atoms with van der Waals surface area (Å²) < 4.78 is 50.8. The molecule has 4 nitrogen and oxygen atoms in total. The maximum Gasteiger partial charge on any atom is 0.184 e. The number of hydrogen-bond donors (Lipinski definition) is 0. The fourth-order valence-electron chi connectivity index (χ4n) is 2.34. The summed E-state index contributed by atoms with van der Waals surface area (Å²) in [6.07, 6.45) is 1.50. The highest BCUT2D eigenvalue weighted by Gasteiger charge is 2.17. The van der Waals surface area contributed by atoms with Gasteiger partial charge in [-0.25, -0.2) is 22.2 Å². The van der Waals surface area contributed by atoms with Crippen LogP contribution in [0.3, 0.4) is 0 Å². The number of nitrogens with zero attached hydrogens (tertiary/aromatic N) is 1. The number of Topliss-reactive ketones (excluding diaryl/α,β-unsaturated/α-hetero) is 1. The van der Waals surface area contributed by atoms with Crippen molar-refractivity contribution < 1.29 is 22.0 Å². The highest BCUT2D eigenvalue weighted by Crippen LogP contribution is 2.19. The standard InChI is InChI=1S/C18H13F2NO3S2/c19-15-6-3-13(10-16(15)20)17(22)9-12-1-4-14(5-2-12)26(23,24)11-18-21-7-8-25-18/h1-8,10H,9,11H2. The first-order valence-corrected chi connectivity index (χ1v) is 10.1. The predicted molar refractivity (Wildman–Crippen MR) is 93.8 cm³/mol. The van der Waals surface area contributed by atoms with Crippen LogP contribution in [0.2, 0.25) is 0 Å². The van der Waals surface area contributed by atoms with Crippen molar-refractivity contribution in [2.24, 2.45) is 0 Å². The van der Waals surface area contributed by atoms with E-state index in [1.54, 1.807) is 11.6 Å². The number of carbonyl (C=O) groups excluding carboxylic acids is 1. The summed E-state index contributed by atoms with van der Waals surface area (Å²) in [5.41, 5.74) is 0.636. The summed E-state index contributed by atoms with van der Waals surface area (Å²) in [6, 6.07) is 8.89. The number of hydrogen-bond acceptors (Lipinski definition) is 5. The number of thiazole rings is 1. The Morgan fingerprint density at radius 2 is 1.77 bits per heavy atom. The van der Waals surface area contributed by atoms with Crippen molar-refractivity contribution in [2.75, 3.05) is 0 Å². The van der Waals surface area contributed by atoms with Crippen LogP contribution in [0.25, 0.3) is 0 Å². The van der Waals surface area contributed by atoms with Gasteiger partial charge >= 0.3 is 0 Å². The third-order valence-electron chi connectivity index (χ3n) is 3.69. The van der Waals surface area contributed by atoms with Crippen LogP contribution in [-0.2, 0) is 22.0 Å². The Hall–Kier alpha value is -2.45. The fraction of sp³-hybridized carbons (Fsp3) is 0.111. The van der Waals surface area contributed by atoms with Gasteiger partial charge in [0.15, 0.2) is 27.3 Å². The van der Waals surface area contributed by atoms with E-state index in [4.69, 9.17) is 0 Å². The molecule has 26 heavy (non-hydrogen) atoms. The van der Waals surface area contributed by atoms with E-state index in [1.807, 2.05) is 0 Å². The summed E-state index contributed by atoms with van der Waals surface area (Å²) in [4.78, 5) is 16.3. The molecule has 0 aliphatic heterocycles. The number of ketones is 1. The summed E-state index contributed by atoms with van der Waals surface area (Å²) in [5, 5.41) is 2.21. The molecule has 134 valence electrons. The number of carbonyl (C=O) groups is 1. The van der Waals surface area contributed by atoms with Gasteiger partial charge in [0.25, 0.3) is 0 Å². The van der Waals surface area contributed by atoms with Crippen LogP contribution >= 0.6 is 11.3 Å². The zero-order chi connectivity index (χ0) is 18.7. The molecule has 0 radical (unpaired) electrons. The van der Waals surface area contributed by atoms with Gasteiger partial charge in [-0.2, -0.15) is 0 Å². The lowest BCUT2D eigenvalue weighted by atomic mass is 10.0. The van der Waals surface area contributed by atoms with Crippen molar-refractivity contribution in [3.63, 3.8) is 0 Å². The summed E-state index contributed by atoms with van der Waals surface area (Å²) in [7, 11) is -3.52. The Kier molecular flexibility index (Phi) is 5.24. The van der Waals surface area contributed by atoms with E-state index in [0.717, 1.165) is 12.1 Å². The molecule has 0 unspecified atom stereocenters. The van der Waals surface area contributed by atoms with E-state index in [0.29, 0.717) is 10.6 Å². The molecule has 8 heteroatoms. The highest BCUT2D eigenvalue weighted by molar-refractivity contribution is 7.90. The van der Waals surface area contributed by atoms with Crippen LogP contribution in [0.15, 0.2) is 58.9 Å². The molecule has 0 fully saturated rings. The molecule has 0 atom stereocenters. The first-order chi connectivity index (χ1) is 12.3. The molecule has 1 heterocycles. The second-order valence-electron chi connectivity index (χ2n) is 5.56. The Morgan fingerprint density at radius 1 is 1.04 bits per heavy atom. The molecule has 3 aromatic rings. The minimum absolute atomic E-state index is 0.0438. The van der Waals surface area contributed by atoms with Gasteiger partial charge < -0.3 is 0 Å². The summed E-state index contributed by atoms with van der Waals surface area (Å²) >= 11 is 1.26. The molecule has 0 aliphatic rings. The number of halogens is 2. The van der Waals surface area contributed by atoms with Crippen molar-refractivity contribution >= 4 is 27.0 Å². The lowest BCUT2D eigenvalue weighted by molar-refractivity contribution is 0.0992. The molecule has 3 rings (SSSR count). The second kappa shape index (κ2) is 7.43. The van der Waals surface area contributed by atoms with Gasteiger partial charge in [-0.3, -0.25) is 4.79 Å². The lowest BCUT2D eigenvalue weighted by Crippen LogP contribution is -2.07. The molecule has 0 N–H and O–H groups in total. The SMILES string of the molecule is O=C(Cc1ccc(S(=O)(=O)Cc2nccs2)cc1)c1ccc(F)c(F)c1. The third-order valence-corrected chi connectivity index (χ3v) is 6.29. The predicted octanol–water partition coefficient (Wildman–Crippen LogP) is 3.82. The lowest BCUT2D eigenvalue weighted by Gasteiger charge is -2.05. The minimum atomic E-state index is -3.52. The van der Waals surface area contributed by atoms with Crippen molar-refractivity contribution in [2.45, 2.75) is 17.1 Å². The van der Waals surface area contributed by atoms with E-state index >= 15 is 0 Å². The minimum Gasteiger partial charge on any atom is -0.294 e. The Balaban J connectivity index is 1.73. The van der Waals surface area contributed by atoms with Gasteiger partial charge in [-0.1, -0.05) is 12.1 Å². The number of aromatic nitrogens is 1. The van der Waals surface area contributed by atoms with E-state index in [1.165, 1.54) is 41.7 Å². The Labute approximate surface area is 153 Å². The van der Waals surface area contributed by atoms with Gasteiger partial charge in [-0.15, -0.1) is 11.3 Å². The van der Waals surface area contributed by atoms with Crippen molar-refractivity contribution in [3.05, 3.63) is 81.8 Å². The van der Waals surface area contributed by atoms with Gasteiger partial charge in [0.1, 0.15) is 10.8 Å². The van der Waals surface area contributed by atoms with Crippen molar-refractivity contribution in [3.8, 4) is 0 Å². The topological polar surface area (TPSA) is 64.1 Å².